The molecule has 0 aliphatic heterocycles. The third-order valence-corrected chi connectivity index (χ3v) is 6.18. The average Bonchev–Trinajstić information content (AvgIpc) is 2.85. The molecule has 1 fully saturated rings. The Morgan fingerprint density at radius 1 is 1.00 bits per heavy atom. The van der Waals surface area contributed by atoms with Crippen LogP contribution in [0.25, 0.3) is 17.2 Å². The zero-order valence-corrected chi connectivity index (χ0v) is 19.8. The SMILES string of the molecule is C=C(/C=C(/F)C(=C)/C=C/c1ccc(-c2ccc(C3CCC(OC)CC3)c(F)c2F)cc1)OCC. The number of halogens is 3. The quantitative estimate of drug-likeness (QED) is 0.272. The maximum Gasteiger partial charge on any atom is 0.166 e. The Hall–Kier alpha value is -3.05. The molecule has 2 aromatic rings. The predicted octanol–water partition coefficient (Wildman–Crippen LogP) is 8.28. The van der Waals surface area contributed by atoms with Crippen molar-refractivity contribution in [1.29, 1.82) is 0 Å². The summed E-state index contributed by atoms with van der Waals surface area (Å²) in [5.74, 6) is -1.91. The van der Waals surface area contributed by atoms with Gasteiger partial charge >= 0.3 is 0 Å². The van der Waals surface area contributed by atoms with Crippen molar-refractivity contribution in [2.75, 3.05) is 13.7 Å². The highest BCUT2D eigenvalue weighted by Crippen LogP contribution is 2.37. The summed E-state index contributed by atoms with van der Waals surface area (Å²) in [5, 5.41) is 0. The van der Waals surface area contributed by atoms with Gasteiger partial charge < -0.3 is 9.47 Å². The minimum absolute atomic E-state index is 0.00992. The van der Waals surface area contributed by atoms with Crippen LogP contribution in [0.15, 0.2) is 78.9 Å². The van der Waals surface area contributed by atoms with Crippen LogP contribution in [-0.4, -0.2) is 19.8 Å². The first-order valence-corrected chi connectivity index (χ1v) is 11.5. The second-order valence-electron chi connectivity index (χ2n) is 8.41. The van der Waals surface area contributed by atoms with Gasteiger partial charge in [0.25, 0.3) is 0 Å². The van der Waals surface area contributed by atoms with Gasteiger partial charge in [-0.1, -0.05) is 61.7 Å². The molecular formula is C29H31F3O2. The fourth-order valence-corrected chi connectivity index (χ4v) is 4.22. The highest BCUT2D eigenvalue weighted by Gasteiger charge is 2.26. The Morgan fingerprint density at radius 3 is 2.29 bits per heavy atom. The Morgan fingerprint density at radius 2 is 1.68 bits per heavy atom. The second-order valence-corrected chi connectivity index (χ2v) is 8.41. The van der Waals surface area contributed by atoms with Crippen LogP contribution < -0.4 is 0 Å². The lowest BCUT2D eigenvalue weighted by molar-refractivity contribution is 0.0655. The van der Waals surface area contributed by atoms with Crippen LogP contribution in [0, 0.1) is 11.6 Å². The van der Waals surface area contributed by atoms with E-state index in [-0.39, 0.29) is 28.9 Å². The molecule has 0 aromatic heterocycles. The molecule has 0 atom stereocenters. The van der Waals surface area contributed by atoms with E-state index in [0.717, 1.165) is 31.2 Å². The molecule has 1 aliphatic rings. The molecule has 0 amide bonds. The number of allylic oxidation sites excluding steroid dienone is 4. The summed E-state index contributed by atoms with van der Waals surface area (Å²) in [5.41, 5.74) is 2.18. The van der Waals surface area contributed by atoms with Crippen LogP contribution in [0.5, 0.6) is 0 Å². The third-order valence-electron chi connectivity index (χ3n) is 6.18. The number of methoxy groups -OCH3 is 1. The number of hydrogen-bond donors (Lipinski definition) is 0. The van der Waals surface area contributed by atoms with Crippen LogP contribution in [0.4, 0.5) is 13.2 Å². The van der Waals surface area contributed by atoms with Gasteiger partial charge in [0.05, 0.1) is 12.7 Å². The first-order valence-electron chi connectivity index (χ1n) is 11.5. The molecular weight excluding hydrogens is 437 g/mol. The maximum atomic E-state index is 15.0. The van der Waals surface area contributed by atoms with Gasteiger partial charge in [-0.05, 0) is 55.2 Å². The molecule has 0 saturated heterocycles. The zero-order valence-electron chi connectivity index (χ0n) is 19.8. The van der Waals surface area contributed by atoms with Crippen molar-refractivity contribution in [1.82, 2.24) is 0 Å². The number of hydrogen-bond acceptors (Lipinski definition) is 2. The fourth-order valence-electron chi connectivity index (χ4n) is 4.22. The van der Waals surface area contributed by atoms with Crippen molar-refractivity contribution in [2.24, 2.45) is 0 Å². The molecule has 0 unspecified atom stereocenters. The number of benzene rings is 2. The Kier molecular flexibility index (Phi) is 8.94. The van der Waals surface area contributed by atoms with Crippen molar-refractivity contribution in [3.05, 3.63) is 102 Å². The fraction of sp³-hybridized carbons (Fsp3) is 0.310. The third kappa shape index (κ3) is 6.29. The Balaban J connectivity index is 1.71. The van der Waals surface area contributed by atoms with E-state index in [0.29, 0.717) is 17.7 Å². The Bertz CT molecular complexity index is 1080. The van der Waals surface area contributed by atoms with Crippen molar-refractivity contribution < 1.29 is 22.6 Å². The topological polar surface area (TPSA) is 18.5 Å². The molecule has 3 rings (SSSR count). The molecule has 5 heteroatoms. The van der Waals surface area contributed by atoms with E-state index in [1.807, 2.05) is 0 Å². The highest BCUT2D eigenvalue weighted by molar-refractivity contribution is 5.67. The zero-order chi connectivity index (χ0) is 24.7. The van der Waals surface area contributed by atoms with Crippen molar-refractivity contribution in [2.45, 2.75) is 44.6 Å². The number of ether oxygens (including phenoxy) is 2. The largest absolute Gasteiger partial charge is 0.494 e. The van der Waals surface area contributed by atoms with Crippen LogP contribution in [0.2, 0.25) is 0 Å². The normalized spacial score (nSPS) is 18.8. The first kappa shape index (κ1) is 25.6. The molecule has 34 heavy (non-hydrogen) atoms. The van der Waals surface area contributed by atoms with Crippen molar-refractivity contribution in [3.63, 3.8) is 0 Å². The van der Waals surface area contributed by atoms with E-state index in [1.165, 1.54) is 12.2 Å². The lowest BCUT2D eigenvalue weighted by Crippen LogP contribution is -2.20. The summed E-state index contributed by atoms with van der Waals surface area (Å²) >= 11 is 0. The molecule has 1 saturated carbocycles. The van der Waals surface area contributed by atoms with Crippen LogP contribution in [0.3, 0.4) is 0 Å². The van der Waals surface area contributed by atoms with Gasteiger partial charge in [0.15, 0.2) is 11.6 Å². The molecule has 2 aromatic carbocycles. The minimum atomic E-state index is -0.829. The molecule has 0 spiro atoms. The van der Waals surface area contributed by atoms with Gasteiger partial charge in [-0.2, -0.15) is 0 Å². The second kappa shape index (κ2) is 11.9. The van der Waals surface area contributed by atoms with Gasteiger partial charge in [0, 0.05) is 24.3 Å². The molecule has 0 radical (unpaired) electrons. The lowest BCUT2D eigenvalue weighted by atomic mass is 9.82. The number of rotatable bonds is 9. The van der Waals surface area contributed by atoms with E-state index in [4.69, 9.17) is 9.47 Å². The standard InChI is InChI=1S/C29H31F3O2/c1-5-34-20(3)18-27(30)19(2)6-7-21-8-10-22(11-9-21)25-16-17-26(29(32)28(25)31)23-12-14-24(33-4)15-13-23/h6-11,16-18,23-24H,2-3,5,12-15H2,1,4H3/b7-6+,27-18+. The van der Waals surface area contributed by atoms with Crippen LogP contribution >= 0.6 is 0 Å². The monoisotopic (exact) mass is 468 g/mol. The van der Waals surface area contributed by atoms with Crippen LogP contribution in [-0.2, 0) is 9.47 Å². The maximum absolute atomic E-state index is 15.0. The van der Waals surface area contributed by atoms with Gasteiger partial charge in [0.1, 0.15) is 11.6 Å². The summed E-state index contributed by atoms with van der Waals surface area (Å²) in [6, 6.07) is 10.3. The summed E-state index contributed by atoms with van der Waals surface area (Å²) in [7, 11) is 1.69. The van der Waals surface area contributed by atoms with Gasteiger partial charge in [-0.15, -0.1) is 0 Å². The van der Waals surface area contributed by atoms with E-state index >= 15 is 0 Å². The van der Waals surface area contributed by atoms with Crippen molar-refractivity contribution >= 4 is 6.08 Å². The highest BCUT2D eigenvalue weighted by atomic mass is 19.2. The van der Waals surface area contributed by atoms with E-state index in [2.05, 4.69) is 13.2 Å². The van der Waals surface area contributed by atoms with Gasteiger partial charge in [-0.3, -0.25) is 0 Å². The smallest absolute Gasteiger partial charge is 0.166 e. The molecule has 0 bridgehead atoms. The van der Waals surface area contributed by atoms with Crippen molar-refractivity contribution in [3.8, 4) is 11.1 Å². The van der Waals surface area contributed by atoms with Gasteiger partial charge in [-0.25, -0.2) is 13.2 Å². The molecule has 2 nitrogen and oxygen atoms in total. The predicted molar refractivity (Wildman–Crippen MR) is 132 cm³/mol. The summed E-state index contributed by atoms with van der Waals surface area (Å²) in [6.45, 7) is 9.50. The van der Waals surface area contributed by atoms with E-state index in [9.17, 15) is 13.2 Å². The summed E-state index contributed by atoms with van der Waals surface area (Å²) < 4.78 is 54.5. The molecule has 1 aliphatic carbocycles. The lowest BCUT2D eigenvalue weighted by Gasteiger charge is -2.28. The molecule has 0 heterocycles. The van der Waals surface area contributed by atoms with Crippen LogP contribution in [0.1, 0.15) is 49.7 Å². The average molecular weight is 469 g/mol. The van der Waals surface area contributed by atoms with E-state index in [1.54, 1.807) is 56.5 Å². The Labute approximate surface area is 200 Å². The molecule has 180 valence electrons. The minimum Gasteiger partial charge on any atom is -0.494 e. The summed E-state index contributed by atoms with van der Waals surface area (Å²) in [4.78, 5) is 0. The van der Waals surface area contributed by atoms with Gasteiger partial charge in [0.2, 0.25) is 0 Å². The summed E-state index contributed by atoms with van der Waals surface area (Å²) in [6.07, 6.45) is 7.90. The first-order chi connectivity index (χ1) is 16.3. The molecule has 0 N–H and O–H groups in total. The van der Waals surface area contributed by atoms with E-state index < -0.39 is 17.5 Å².